The summed E-state index contributed by atoms with van der Waals surface area (Å²) in [5, 5.41) is 0. The molecule has 0 saturated carbocycles. The number of nitrogens with zero attached hydrogens (tertiary/aromatic N) is 4. The maximum Gasteiger partial charge on any atom is 0.410 e. The van der Waals surface area contributed by atoms with Gasteiger partial charge in [-0.3, -0.25) is 4.98 Å². The van der Waals surface area contributed by atoms with Crippen LogP contribution in [-0.4, -0.2) is 57.6 Å². The molecule has 7 heteroatoms. The summed E-state index contributed by atoms with van der Waals surface area (Å²) in [6, 6.07) is 8.04. The van der Waals surface area contributed by atoms with Crippen LogP contribution in [0.4, 0.5) is 10.6 Å². The fourth-order valence-electron chi connectivity index (χ4n) is 2.99. The van der Waals surface area contributed by atoms with E-state index < -0.39 is 5.60 Å². The summed E-state index contributed by atoms with van der Waals surface area (Å²) in [5.74, 6) is 0.402. The molecule has 7 nitrogen and oxygen atoms in total. The van der Waals surface area contributed by atoms with Gasteiger partial charge in [-0.25, -0.2) is 9.78 Å². The molecule has 1 amide bonds. The summed E-state index contributed by atoms with van der Waals surface area (Å²) in [7, 11) is 0. The van der Waals surface area contributed by atoms with E-state index in [4.69, 9.17) is 10.5 Å². The Morgan fingerprint density at radius 1 is 1.04 bits per heavy atom. The minimum absolute atomic E-state index is 0.258. The second-order valence-electron chi connectivity index (χ2n) is 7.80. The molecular weight excluding hydrogens is 354 g/mol. The van der Waals surface area contributed by atoms with Crippen LogP contribution in [0, 0.1) is 0 Å². The van der Waals surface area contributed by atoms with Crippen molar-refractivity contribution in [3.05, 3.63) is 48.8 Å². The Kier molecular flexibility index (Phi) is 5.53. The molecule has 0 unspecified atom stereocenters. The lowest BCUT2D eigenvalue weighted by Crippen LogP contribution is -2.49. The van der Waals surface area contributed by atoms with Crippen LogP contribution in [-0.2, 0) is 4.74 Å². The maximum absolute atomic E-state index is 12.2. The number of hydrogen-bond donors (Lipinski definition) is 1. The van der Waals surface area contributed by atoms with Gasteiger partial charge in [0, 0.05) is 37.4 Å². The molecule has 28 heavy (non-hydrogen) atoms. The zero-order valence-corrected chi connectivity index (χ0v) is 16.7. The lowest BCUT2D eigenvalue weighted by atomic mass is 10.1. The second-order valence-corrected chi connectivity index (χ2v) is 7.80. The average Bonchev–Trinajstić information content (AvgIpc) is 2.67. The standard InChI is InChI=1S/C21H27N5O2/c1-15(25-9-11-26(12-10-25)20(27)28-21(2,3)4)16-5-7-17(8-6-16)18-13-24-19(22)14-23-18/h5-8,13-14H,1,9-12H2,2-4H3,(H2,22,24). The smallest absolute Gasteiger partial charge is 0.410 e. The molecule has 0 radical (unpaired) electrons. The molecule has 2 N–H and O–H groups in total. The summed E-state index contributed by atoms with van der Waals surface area (Å²) in [6.45, 7) is 12.6. The zero-order valence-electron chi connectivity index (χ0n) is 16.7. The van der Waals surface area contributed by atoms with Crippen LogP contribution in [0.2, 0.25) is 0 Å². The van der Waals surface area contributed by atoms with Crippen molar-refractivity contribution in [2.24, 2.45) is 0 Å². The van der Waals surface area contributed by atoms with Gasteiger partial charge in [-0.05, 0) is 26.3 Å². The first-order valence-corrected chi connectivity index (χ1v) is 9.33. The van der Waals surface area contributed by atoms with Gasteiger partial charge in [-0.1, -0.05) is 30.8 Å². The van der Waals surface area contributed by atoms with Crippen LogP contribution in [0.3, 0.4) is 0 Å². The highest BCUT2D eigenvalue weighted by molar-refractivity contribution is 5.69. The zero-order chi connectivity index (χ0) is 20.3. The second kappa shape index (κ2) is 7.88. The fourth-order valence-corrected chi connectivity index (χ4v) is 2.99. The van der Waals surface area contributed by atoms with Gasteiger partial charge >= 0.3 is 6.09 Å². The van der Waals surface area contributed by atoms with Crippen LogP contribution < -0.4 is 5.73 Å². The van der Waals surface area contributed by atoms with Gasteiger partial charge in [-0.2, -0.15) is 0 Å². The predicted octanol–water partition coefficient (Wildman–Crippen LogP) is 3.25. The monoisotopic (exact) mass is 381 g/mol. The van der Waals surface area contributed by atoms with Gasteiger partial charge in [0.05, 0.1) is 18.1 Å². The van der Waals surface area contributed by atoms with Gasteiger partial charge in [0.1, 0.15) is 11.4 Å². The van der Waals surface area contributed by atoms with Gasteiger partial charge in [0.25, 0.3) is 0 Å². The number of anilines is 1. The Labute approximate surface area is 165 Å². The maximum atomic E-state index is 12.2. The molecule has 2 aromatic rings. The van der Waals surface area contributed by atoms with Crippen molar-refractivity contribution in [3.8, 4) is 11.3 Å². The average molecular weight is 381 g/mol. The van der Waals surface area contributed by atoms with E-state index in [-0.39, 0.29) is 6.09 Å². The van der Waals surface area contributed by atoms with Crippen LogP contribution in [0.1, 0.15) is 26.3 Å². The SMILES string of the molecule is C=C(c1ccc(-c2cnc(N)cn2)cc1)N1CCN(C(=O)OC(C)(C)C)CC1. The molecule has 1 aromatic heterocycles. The molecule has 1 saturated heterocycles. The Bertz CT molecular complexity index is 833. The Morgan fingerprint density at radius 3 is 2.18 bits per heavy atom. The highest BCUT2D eigenvalue weighted by Crippen LogP contribution is 2.23. The van der Waals surface area contributed by atoms with Crippen molar-refractivity contribution in [2.75, 3.05) is 31.9 Å². The molecular formula is C21H27N5O2. The molecule has 1 fully saturated rings. The van der Waals surface area contributed by atoms with Crippen molar-refractivity contribution in [1.29, 1.82) is 0 Å². The molecule has 1 aromatic carbocycles. The Balaban J connectivity index is 1.59. The number of nitrogen functional groups attached to an aromatic ring is 1. The Hall–Kier alpha value is -3.09. The van der Waals surface area contributed by atoms with Crippen molar-refractivity contribution in [3.63, 3.8) is 0 Å². The Morgan fingerprint density at radius 2 is 1.64 bits per heavy atom. The summed E-state index contributed by atoms with van der Waals surface area (Å²) in [4.78, 5) is 24.5. The van der Waals surface area contributed by atoms with Crippen LogP contribution in [0.25, 0.3) is 17.0 Å². The molecule has 0 atom stereocenters. The van der Waals surface area contributed by atoms with E-state index in [1.165, 1.54) is 0 Å². The van der Waals surface area contributed by atoms with Crippen molar-refractivity contribution in [1.82, 2.24) is 19.8 Å². The predicted molar refractivity (Wildman–Crippen MR) is 110 cm³/mol. The van der Waals surface area contributed by atoms with Crippen molar-refractivity contribution in [2.45, 2.75) is 26.4 Å². The first-order valence-electron chi connectivity index (χ1n) is 9.33. The molecule has 1 aliphatic heterocycles. The number of ether oxygens (including phenoxy) is 1. The third-order valence-corrected chi connectivity index (χ3v) is 4.50. The molecule has 1 aliphatic rings. The first kappa shape index (κ1) is 19.7. The van der Waals surface area contributed by atoms with Crippen molar-refractivity contribution >= 4 is 17.6 Å². The van der Waals surface area contributed by atoms with Gasteiger partial charge in [-0.15, -0.1) is 0 Å². The third kappa shape index (κ3) is 4.79. The summed E-state index contributed by atoms with van der Waals surface area (Å²) in [6.07, 6.45) is 2.95. The topological polar surface area (TPSA) is 84.6 Å². The normalized spacial score (nSPS) is 14.7. The van der Waals surface area contributed by atoms with E-state index in [0.717, 1.165) is 35.6 Å². The molecule has 148 valence electrons. The fraction of sp³-hybridized carbons (Fsp3) is 0.381. The molecule has 2 heterocycles. The van der Waals surface area contributed by atoms with Crippen LogP contribution >= 0.6 is 0 Å². The molecule has 0 spiro atoms. The molecule has 0 bridgehead atoms. The summed E-state index contributed by atoms with van der Waals surface area (Å²) in [5.41, 5.74) is 8.84. The van der Waals surface area contributed by atoms with Gasteiger partial charge < -0.3 is 20.3 Å². The van der Waals surface area contributed by atoms with E-state index >= 15 is 0 Å². The van der Waals surface area contributed by atoms with Gasteiger partial charge in [0.15, 0.2) is 0 Å². The highest BCUT2D eigenvalue weighted by Gasteiger charge is 2.26. The van der Waals surface area contributed by atoms with E-state index in [1.807, 2.05) is 45.0 Å². The lowest BCUT2D eigenvalue weighted by Gasteiger charge is -2.37. The van der Waals surface area contributed by atoms with E-state index in [2.05, 4.69) is 21.4 Å². The highest BCUT2D eigenvalue weighted by atomic mass is 16.6. The van der Waals surface area contributed by atoms with E-state index in [0.29, 0.717) is 18.9 Å². The third-order valence-electron chi connectivity index (χ3n) is 4.50. The summed E-state index contributed by atoms with van der Waals surface area (Å²) < 4.78 is 5.45. The largest absolute Gasteiger partial charge is 0.444 e. The lowest BCUT2D eigenvalue weighted by molar-refractivity contribution is 0.0182. The first-order chi connectivity index (χ1) is 13.2. The van der Waals surface area contributed by atoms with Crippen LogP contribution in [0.15, 0.2) is 43.2 Å². The number of carbonyl (C=O) groups is 1. The number of hydrogen-bond acceptors (Lipinski definition) is 6. The van der Waals surface area contributed by atoms with Crippen molar-refractivity contribution < 1.29 is 9.53 Å². The quantitative estimate of drug-likeness (QED) is 0.878. The number of aromatic nitrogens is 2. The van der Waals surface area contributed by atoms with Crippen LogP contribution in [0.5, 0.6) is 0 Å². The summed E-state index contributed by atoms with van der Waals surface area (Å²) >= 11 is 0. The van der Waals surface area contributed by atoms with Gasteiger partial charge in [0.2, 0.25) is 0 Å². The number of rotatable bonds is 3. The minimum Gasteiger partial charge on any atom is -0.444 e. The molecule has 3 rings (SSSR count). The minimum atomic E-state index is -0.478. The number of nitrogens with two attached hydrogens (primary N) is 1. The van der Waals surface area contributed by atoms with E-state index in [9.17, 15) is 4.79 Å². The number of piperazine rings is 1. The number of carbonyl (C=O) groups excluding carboxylic acids is 1. The molecule has 0 aliphatic carbocycles. The number of benzene rings is 1. The number of amides is 1. The van der Waals surface area contributed by atoms with E-state index in [1.54, 1.807) is 17.3 Å².